The Balaban J connectivity index is 2.39. The lowest BCUT2D eigenvalue weighted by Gasteiger charge is -2.24. The second-order valence-corrected chi connectivity index (χ2v) is 4.07. The van der Waals surface area contributed by atoms with E-state index in [1.165, 1.54) is 0 Å². The number of hydroxylamine groups is 1. The lowest BCUT2D eigenvalue weighted by molar-refractivity contribution is -0.140. The van der Waals surface area contributed by atoms with Gasteiger partial charge >= 0.3 is 0 Å². The largest absolute Gasteiger partial charge is 0.317 e. The number of hydrogen-bond donors (Lipinski definition) is 2. The Hall–Kier alpha value is -1.39. The summed E-state index contributed by atoms with van der Waals surface area (Å²) in [5.41, 5.74) is 8.50. The van der Waals surface area contributed by atoms with Crippen molar-refractivity contribution in [1.29, 1.82) is 0 Å². The topological polar surface area (TPSA) is 64.4 Å². The molecule has 1 amide bonds. The fraction of sp³-hybridized carbons (Fsp3) is 0.462. The summed E-state index contributed by atoms with van der Waals surface area (Å²) >= 11 is 0. The molecule has 0 heterocycles. The van der Waals surface area contributed by atoms with Crippen molar-refractivity contribution in [2.45, 2.75) is 38.8 Å². The highest BCUT2D eigenvalue weighted by molar-refractivity contribution is 5.84. The van der Waals surface area contributed by atoms with Crippen molar-refractivity contribution in [1.82, 2.24) is 5.48 Å². The maximum absolute atomic E-state index is 11.8. The highest BCUT2D eigenvalue weighted by Crippen LogP contribution is 2.11. The van der Waals surface area contributed by atoms with Gasteiger partial charge in [-0.2, -0.15) is 0 Å². The smallest absolute Gasteiger partial charge is 0.263 e. The van der Waals surface area contributed by atoms with Crippen LogP contribution in [0.15, 0.2) is 30.3 Å². The van der Waals surface area contributed by atoms with Gasteiger partial charge < -0.3 is 5.73 Å². The molecule has 0 saturated heterocycles. The number of benzene rings is 1. The van der Waals surface area contributed by atoms with E-state index >= 15 is 0 Å². The summed E-state index contributed by atoms with van der Waals surface area (Å²) in [5.74, 6) is -0.265. The molecule has 1 aromatic rings. The van der Waals surface area contributed by atoms with E-state index in [0.717, 1.165) is 5.56 Å². The molecule has 4 heteroatoms. The Labute approximate surface area is 102 Å². The third-order valence-corrected chi connectivity index (χ3v) is 2.96. The molecule has 0 unspecified atom stereocenters. The first-order valence-electron chi connectivity index (χ1n) is 5.87. The van der Waals surface area contributed by atoms with Crippen molar-refractivity contribution in [3.05, 3.63) is 35.9 Å². The normalized spacial score (nSPS) is 11.2. The van der Waals surface area contributed by atoms with Crippen LogP contribution in [0.4, 0.5) is 0 Å². The number of carbonyl (C=O) groups excluding carboxylic acids is 1. The summed E-state index contributed by atoms with van der Waals surface area (Å²) in [7, 11) is 0. The van der Waals surface area contributed by atoms with Crippen LogP contribution in [0.2, 0.25) is 0 Å². The lowest BCUT2D eigenvalue weighted by atomic mass is 9.94. The van der Waals surface area contributed by atoms with Crippen molar-refractivity contribution in [3.8, 4) is 0 Å². The number of hydrogen-bond acceptors (Lipinski definition) is 3. The number of carbonyl (C=O) groups is 1. The quantitative estimate of drug-likeness (QED) is 0.740. The second kappa shape index (κ2) is 6.37. The Bertz CT molecular complexity index is 348. The van der Waals surface area contributed by atoms with E-state index in [9.17, 15) is 4.79 Å². The fourth-order valence-electron chi connectivity index (χ4n) is 1.43. The first-order chi connectivity index (χ1) is 8.12. The number of nitrogens with one attached hydrogen (secondary N) is 1. The van der Waals surface area contributed by atoms with Gasteiger partial charge in [-0.05, 0) is 18.4 Å². The van der Waals surface area contributed by atoms with Crippen LogP contribution >= 0.6 is 0 Å². The van der Waals surface area contributed by atoms with E-state index in [-0.39, 0.29) is 5.91 Å². The molecule has 94 valence electrons. The van der Waals surface area contributed by atoms with Crippen LogP contribution in [0, 0.1) is 0 Å². The molecule has 0 bridgehead atoms. The second-order valence-electron chi connectivity index (χ2n) is 4.07. The zero-order valence-electron chi connectivity index (χ0n) is 10.4. The SMILES string of the molecule is CCC(N)(CC)C(=O)NOCc1ccccc1. The van der Waals surface area contributed by atoms with Crippen LogP contribution in [0.25, 0.3) is 0 Å². The predicted octanol–water partition coefficient (Wildman–Crippen LogP) is 1.75. The molecule has 0 spiro atoms. The van der Waals surface area contributed by atoms with Gasteiger partial charge in [-0.3, -0.25) is 9.63 Å². The van der Waals surface area contributed by atoms with Gasteiger partial charge in [0.25, 0.3) is 5.91 Å². The molecule has 4 nitrogen and oxygen atoms in total. The Morgan fingerprint density at radius 1 is 1.29 bits per heavy atom. The first kappa shape index (κ1) is 13.7. The summed E-state index contributed by atoms with van der Waals surface area (Å²) in [4.78, 5) is 16.9. The minimum atomic E-state index is -0.837. The van der Waals surface area contributed by atoms with Crippen LogP contribution in [0.5, 0.6) is 0 Å². The Kier molecular flexibility index (Phi) is 5.12. The third kappa shape index (κ3) is 3.84. The van der Waals surface area contributed by atoms with E-state index in [1.807, 2.05) is 44.2 Å². The lowest BCUT2D eigenvalue weighted by Crippen LogP contribution is -2.52. The number of rotatable bonds is 6. The van der Waals surface area contributed by atoms with Gasteiger partial charge in [0.1, 0.15) is 0 Å². The van der Waals surface area contributed by atoms with E-state index in [2.05, 4.69) is 5.48 Å². The molecule has 0 aromatic heterocycles. The van der Waals surface area contributed by atoms with Crippen molar-refractivity contribution >= 4 is 5.91 Å². The van der Waals surface area contributed by atoms with E-state index in [4.69, 9.17) is 10.6 Å². The summed E-state index contributed by atoms with van der Waals surface area (Å²) in [6, 6.07) is 9.64. The minimum absolute atomic E-state index is 0.265. The van der Waals surface area contributed by atoms with Crippen molar-refractivity contribution in [2.24, 2.45) is 5.73 Å². The average Bonchev–Trinajstić information content (AvgIpc) is 2.39. The molecular formula is C13H20N2O2. The number of nitrogens with two attached hydrogens (primary N) is 1. The summed E-state index contributed by atoms with van der Waals surface area (Å²) in [5, 5.41) is 0. The highest BCUT2D eigenvalue weighted by Gasteiger charge is 2.29. The van der Waals surface area contributed by atoms with Gasteiger partial charge in [0.15, 0.2) is 0 Å². The molecule has 0 aliphatic carbocycles. The Morgan fingerprint density at radius 2 is 1.88 bits per heavy atom. The number of amides is 1. The molecule has 0 saturated carbocycles. The first-order valence-corrected chi connectivity index (χ1v) is 5.87. The van der Waals surface area contributed by atoms with Crippen LogP contribution in [0.3, 0.4) is 0 Å². The van der Waals surface area contributed by atoms with Gasteiger partial charge in [-0.15, -0.1) is 0 Å². The minimum Gasteiger partial charge on any atom is -0.317 e. The zero-order chi connectivity index (χ0) is 12.7. The predicted molar refractivity (Wildman–Crippen MR) is 66.9 cm³/mol. The summed E-state index contributed by atoms with van der Waals surface area (Å²) < 4.78 is 0. The molecule has 17 heavy (non-hydrogen) atoms. The molecule has 1 rings (SSSR count). The van der Waals surface area contributed by atoms with Gasteiger partial charge in [-0.25, -0.2) is 5.48 Å². The zero-order valence-corrected chi connectivity index (χ0v) is 10.4. The van der Waals surface area contributed by atoms with Crippen molar-refractivity contribution in [2.75, 3.05) is 0 Å². The molecule has 0 aliphatic rings. The van der Waals surface area contributed by atoms with E-state index < -0.39 is 5.54 Å². The maximum Gasteiger partial charge on any atom is 0.263 e. The molecule has 0 atom stereocenters. The molecule has 3 N–H and O–H groups in total. The molecule has 0 fully saturated rings. The van der Waals surface area contributed by atoms with Gasteiger partial charge in [-0.1, -0.05) is 44.2 Å². The third-order valence-electron chi connectivity index (χ3n) is 2.96. The molecule has 1 aromatic carbocycles. The van der Waals surface area contributed by atoms with Crippen molar-refractivity contribution in [3.63, 3.8) is 0 Å². The van der Waals surface area contributed by atoms with Gasteiger partial charge in [0, 0.05) is 0 Å². The van der Waals surface area contributed by atoms with E-state index in [1.54, 1.807) is 0 Å². The van der Waals surface area contributed by atoms with Gasteiger partial charge in [0.2, 0.25) is 0 Å². The molecule has 0 aliphatic heterocycles. The Morgan fingerprint density at radius 3 is 2.41 bits per heavy atom. The standard InChI is InChI=1S/C13H20N2O2/c1-3-13(14,4-2)12(16)15-17-10-11-8-6-5-7-9-11/h5-9H,3-4,10,14H2,1-2H3,(H,15,16). The molecule has 0 radical (unpaired) electrons. The average molecular weight is 236 g/mol. The summed E-state index contributed by atoms with van der Waals surface area (Å²) in [6.45, 7) is 4.12. The van der Waals surface area contributed by atoms with Crippen molar-refractivity contribution < 1.29 is 9.63 Å². The summed E-state index contributed by atoms with van der Waals surface area (Å²) in [6.07, 6.45) is 1.17. The maximum atomic E-state index is 11.8. The van der Waals surface area contributed by atoms with E-state index in [0.29, 0.717) is 19.4 Å². The van der Waals surface area contributed by atoms with Gasteiger partial charge in [0.05, 0.1) is 12.1 Å². The highest BCUT2D eigenvalue weighted by atomic mass is 16.6. The fourth-order valence-corrected chi connectivity index (χ4v) is 1.43. The van der Waals surface area contributed by atoms with Crippen LogP contribution in [-0.2, 0) is 16.2 Å². The molecular weight excluding hydrogens is 216 g/mol. The monoisotopic (exact) mass is 236 g/mol. The van der Waals surface area contributed by atoms with Crippen LogP contribution in [0.1, 0.15) is 32.3 Å². The van der Waals surface area contributed by atoms with Crippen LogP contribution < -0.4 is 11.2 Å². The van der Waals surface area contributed by atoms with Crippen LogP contribution in [-0.4, -0.2) is 11.4 Å².